The van der Waals surface area contributed by atoms with Crippen LogP contribution in [0.4, 0.5) is 16.4 Å². The van der Waals surface area contributed by atoms with Gasteiger partial charge in [-0.25, -0.2) is 24.7 Å². The number of nitrogens with one attached hydrogen (secondary N) is 1. The summed E-state index contributed by atoms with van der Waals surface area (Å²) in [5.41, 5.74) is 7.06. The number of hydrogen-bond donors (Lipinski definition) is 2. The van der Waals surface area contributed by atoms with Crippen LogP contribution in [-0.2, 0) is 11.8 Å². The standard InChI is InChI=1S/C17H20N8O2.Na.H/c1-17(2,3)27-16(26)23-12-9-25(4)24-13(12)14-19-6-5-11(22-14)10-7-20-15(18)21-8-10;;/h5-9H,1-4H3,(H,23,26)(H2,18,20,21);;/q;+1;-1/p+1. The number of nitrogens with two attached hydrogens (primary N) is 1. The average molecular weight is 393 g/mol. The van der Waals surface area contributed by atoms with E-state index in [1.807, 2.05) is 0 Å². The molecule has 0 fully saturated rings. The average Bonchev–Trinajstić information content (AvgIpc) is 2.94. The van der Waals surface area contributed by atoms with Gasteiger partial charge in [0.05, 0.1) is 11.4 Å². The number of nitrogen functional groups attached to an aromatic ring is 1. The molecule has 0 unspecified atom stereocenters. The molecule has 10 nitrogen and oxygen atoms in total. The van der Waals surface area contributed by atoms with Gasteiger partial charge in [-0.2, -0.15) is 5.10 Å². The summed E-state index contributed by atoms with van der Waals surface area (Å²) in [5, 5.41) is 7.04. The maximum Gasteiger partial charge on any atom is 1.00 e. The number of aromatic nitrogens is 6. The van der Waals surface area contributed by atoms with Crippen LogP contribution < -0.4 is 40.6 Å². The van der Waals surface area contributed by atoms with Crippen molar-refractivity contribution in [3.05, 3.63) is 30.9 Å². The second-order valence-electron chi connectivity index (χ2n) is 6.79. The zero-order valence-corrected chi connectivity index (χ0v) is 18.5. The molecule has 0 saturated heterocycles. The molecule has 28 heavy (non-hydrogen) atoms. The Morgan fingerprint density at radius 3 is 2.61 bits per heavy atom. The molecule has 3 N–H and O–H groups in total. The van der Waals surface area contributed by atoms with Crippen molar-refractivity contribution in [2.24, 2.45) is 7.05 Å². The van der Waals surface area contributed by atoms with Crippen LogP contribution in [0.25, 0.3) is 22.8 Å². The van der Waals surface area contributed by atoms with Gasteiger partial charge in [0, 0.05) is 37.4 Å². The molecule has 3 rings (SSSR count). The van der Waals surface area contributed by atoms with E-state index in [0.29, 0.717) is 28.5 Å². The van der Waals surface area contributed by atoms with E-state index in [1.165, 1.54) is 0 Å². The zero-order valence-electron chi connectivity index (χ0n) is 18.5. The fourth-order valence-corrected chi connectivity index (χ4v) is 2.26. The Labute approximate surface area is 187 Å². The van der Waals surface area contributed by atoms with Crippen molar-refractivity contribution in [1.82, 2.24) is 29.7 Å². The molecule has 3 aromatic rings. The number of ether oxygens (including phenoxy) is 1. The molecule has 0 radical (unpaired) electrons. The first-order valence-electron chi connectivity index (χ1n) is 8.16. The summed E-state index contributed by atoms with van der Waals surface area (Å²) in [6.07, 6.45) is 5.82. The monoisotopic (exact) mass is 393 g/mol. The minimum absolute atomic E-state index is 0. The minimum atomic E-state index is -0.613. The molecule has 0 aliphatic carbocycles. The van der Waals surface area contributed by atoms with Crippen molar-refractivity contribution in [2.45, 2.75) is 26.4 Å². The van der Waals surface area contributed by atoms with Gasteiger partial charge in [-0.1, -0.05) is 0 Å². The van der Waals surface area contributed by atoms with Crippen LogP contribution in [-0.4, -0.2) is 41.4 Å². The smallest absolute Gasteiger partial charge is 1.00 e. The Morgan fingerprint density at radius 2 is 1.96 bits per heavy atom. The zero-order chi connectivity index (χ0) is 19.6. The van der Waals surface area contributed by atoms with Crippen molar-refractivity contribution >= 4 is 17.7 Å². The van der Waals surface area contributed by atoms with Gasteiger partial charge in [0.2, 0.25) is 5.95 Å². The Balaban J connectivity index is 0.00000280. The van der Waals surface area contributed by atoms with Gasteiger partial charge in [0.15, 0.2) is 11.5 Å². The first-order valence-corrected chi connectivity index (χ1v) is 8.16. The number of hydrogen-bond acceptors (Lipinski definition) is 8. The Kier molecular flexibility index (Phi) is 6.70. The Morgan fingerprint density at radius 1 is 1.29 bits per heavy atom. The van der Waals surface area contributed by atoms with Gasteiger partial charge in [-0.05, 0) is 26.8 Å². The van der Waals surface area contributed by atoms with Crippen LogP contribution >= 0.6 is 0 Å². The van der Waals surface area contributed by atoms with Gasteiger partial charge < -0.3 is 11.9 Å². The fourth-order valence-electron chi connectivity index (χ4n) is 2.26. The van der Waals surface area contributed by atoms with E-state index >= 15 is 0 Å². The van der Waals surface area contributed by atoms with E-state index in [4.69, 9.17) is 10.5 Å². The summed E-state index contributed by atoms with van der Waals surface area (Å²) in [4.78, 5) is 28.8. The molecule has 0 atom stereocenters. The van der Waals surface area contributed by atoms with Gasteiger partial charge in [-0.3, -0.25) is 10.00 Å². The van der Waals surface area contributed by atoms with Gasteiger partial charge in [0.1, 0.15) is 5.60 Å². The van der Waals surface area contributed by atoms with E-state index < -0.39 is 11.7 Å². The second kappa shape index (κ2) is 8.63. The number of nitrogens with zero attached hydrogens (tertiary/aromatic N) is 6. The molecule has 0 aliphatic heterocycles. The predicted molar refractivity (Wildman–Crippen MR) is 102 cm³/mol. The molecule has 142 valence electrons. The van der Waals surface area contributed by atoms with Crippen LogP contribution in [0.3, 0.4) is 0 Å². The van der Waals surface area contributed by atoms with Crippen LogP contribution in [0.1, 0.15) is 23.6 Å². The third kappa shape index (κ3) is 5.47. The largest absolute Gasteiger partial charge is 1.00 e. The molecule has 0 aliphatic rings. The van der Waals surface area contributed by atoms with E-state index in [1.54, 1.807) is 63.4 Å². The first kappa shape index (κ1) is 21.7. The van der Waals surface area contributed by atoms with Gasteiger partial charge >= 0.3 is 37.1 Å². The molecule has 11 heteroatoms. The molecular formula is C17H22N8NaO2+. The Bertz CT molecular complexity index is 977. The number of carbonyl (C=O) groups excluding carboxylic acids is 1. The molecule has 0 aromatic carbocycles. The Hall–Kier alpha value is -2.56. The third-order valence-electron chi connectivity index (χ3n) is 3.30. The van der Waals surface area contributed by atoms with Crippen LogP contribution in [0.5, 0.6) is 0 Å². The van der Waals surface area contributed by atoms with Crippen LogP contribution in [0.2, 0.25) is 0 Å². The summed E-state index contributed by atoms with van der Waals surface area (Å²) in [6.45, 7) is 5.37. The quantitative estimate of drug-likeness (QED) is 0.569. The number of anilines is 2. The normalized spacial score (nSPS) is 10.9. The maximum absolute atomic E-state index is 12.1. The maximum atomic E-state index is 12.1. The minimum Gasteiger partial charge on any atom is -1.00 e. The summed E-state index contributed by atoms with van der Waals surface area (Å²) >= 11 is 0. The van der Waals surface area contributed by atoms with E-state index in [0.717, 1.165) is 0 Å². The molecule has 3 aromatic heterocycles. The number of carbonyl (C=O) groups is 1. The van der Waals surface area contributed by atoms with E-state index in [2.05, 4.69) is 30.4 Å². The van der Waals surface area contributed by atoms with E-state index in [9.17, 15) is 4.79 Å². The number of rotatable bonds is 3. The van der Waals surface area contributed by atoms with Crippen molar-refractivity contribution in [3.63, 3.8) is 0 Å². The fraction of sp³-hybridized carbons (Fsp3) is 0.294. The SMILES string of the molecule is Cn1cc(NC(=O)OC(C)(C)C)c(-c2nccc(-c3cnc(N)nc3)n2)n1.[H+].[H-].[Na+]. The molecule has 0 spiro atoms. The molecule has 1 amide bonds. The van der Waals surface area contributed by atoms with Gasteiger partial charge in [0.25, 0.3) is 0 Å². The molecule has 0 saturated carbocycles. The third-order valence-corrected chi connectivity index (χ3v) is 3.30. The summed E-state index contributed by atoms with van der Waals surface area (Å²) in [6, 6.07) is 1.72. The van der Waals surface area contributed by atoms with Crippen LogP contribution in [0.15, 0.2) is 30.9 Å². The van der Waals surface area contributed by atoms with Crippen molar-refractivity contribution in [1.29, 1.82) is 0 Å². The van der Waals surface area contributed by atoms with Crippen molar-refractivity contribution < 1.29 is 41.9 Å². The predicted octanol–water partition coefficient (Wildman–Crippen LogP) is -0.508. The first-order chi connectivity index (χ1) is 12.7. The van der Waals surface area contributed by atoms with E-state index in [-0.39, 0.29) is 38.4 Å². The van der Waals surface area contributed by atoms with Crippen LogP contribution in [0, 0.1) is 0 Å². The second-order valence-corrected chi connectivity index (χ2v) is 6.79. The summed E-state index contributed by atoms with van der Waals surface area (Å²) in [5.74, 6) is 0.526. The topological polar surface area (TPSA) is 134 Å². The molecular weight excluding hydrogens is 371 g/mol. The summed E-state index contributed by atoms with van der Waals surface area (Å²) in [7, 11) is 1.74. The molecule has 0 bridgehead atoms. The summed E-state index contributed by atoms with van der Waals surface area (Å²) < 4.78 is 6.85. The van der Waals surface area contributed by atoms with Crippen molar-refractivity contribution in [2.75, 3.05) is 11.1 Å². The molecule has 3 heterocycles. The van der Waals surface area contributed by atoms with Gasteiger partial charge in [-0.15, -0.1) is 0 Å². The number of aryl methyl sites for hydroxylation is 1. The number of amides is 1. The van der Waals surface area contributed by atoms with Crippen molar-refractivity contribution in [3.8, 4) is 22.8 Å².